The van der Waals surface area contributed by atoms with Crippen molar-refractivity contribution >= 4 is 16.9 Å². The van der Waals surface area contributed by atoms with Crippen LogP contribution in [0.25, 0.3) is 10.8 Å². The Morgan fingerprint density at radius 2 is 1.78 bits per heavy atom. The zero-order valence-electron chi connectivity index (χ0n) is 13.5. The fourth-order valence-electron chi connectivity index (χ4n) is 2.88. The number of nitrogens with zero attached hydrogens (tertiary/aromatic N) is 1. The second-order valence-electron chi connectivity index (χ2n) is 7.01. The van der Waals surface area contributed by atoms with Gasteiger partial charge in [-0.2, -0.15) is 0 Å². The van der Waals surface area contributed by atoms with Crippen LogP contribution in [0.4, 0.5) is 9.18 Å². The van der Waals surface area contributed by atoms with E-state index in [1.807, 2.05) is 0 Å². The lowest BCUT2D eigenvalue weighted by molar-refractivity contribution is -0.102. The molecule has 0 radical (unpaired) electrons. The van der Waals surface area contributed by atoms with E-state index in [-0.39, 0.29) is 18.9 Å². The van der Waals surface area contributed by atoms with E-state index in [9.17, 15) is 14.3 Å². The molecule has 0 atom stereocenters. The van der Waals surface area contributed by atoms with E-state index in [0.717, 1.165) is 0 Å². The van der Waals surface area contributed by atoms with E-state index in [4.69, 9.17) is 4.74 Å². The van der Waals surface area contributed by atoms with Crippen molar-refractivity contribution < 1.29 is 19.0 Å². The first-order chi connectivity index (χ1) is 10.7. The third-order valence-corrected chi connectivity index (χ3v) is 3.93. The molecule has 1 N–H and O–H groups in total. The van der Waals surface area contributed by atoms with Gasteiger partial charge in [-0.15, -0.1) is 0 Å². The highest BCUT2D eigenvalue weighted by molar-refractivity contribution is 5.87. The third-order valence-electron chi connectivity index (χ3n) is 3.93. The van der Waals surface area contributed by atoms with Gasteiger partial charge in [-0.1, -0.05) is 30.3 Å². The van der Waals surface area contributed by atoms with E-state index in [0.29, 0.717) is 16.3 Å². The van der Waals surface area contributed by atoms with Crippen molar-refractivity contribution in [1.82, 2.24) is 4.90 Å². The molecule has 0 bridgehead atoms. The molecule has 1 fully saturated rings. The number of benzene rings is 2. The van der Waals surface area contributed by atoms with Crippen LogP contribution in [0.15, 0.2) is 36.4 Å². The number of likely N-dealkylation sites (tertiary alicyclic amines) is 1. The quantitative estimate of drug-likeness (QED) is 0.877. The fraction of sp³-hybridized carbons (Fsp3) is 0.389. The average molecular weight is 317 g/mol. The number of carbonyl (C=O) groups excluding carboxylic acids is 1. The number of carbonyl (C=O) groups is 1. The number of halogens is 1. The van der Waals surface area contributed by atoms with Crippen LogP contribution in [0.3, 0.4) is 0 Å². The molecule has 3 rings (SSSR count). The molecule has 1 saturated heterocycles. The third kappa shape index (κ3) is 2.88. The van der Waals surface area contributed by atoms with Gasteiger partial charge in [0.25, 0.3) is 0 Å². The Labute approximate surface area is 134 Å². The highest BCUT2D eigenvalue weighted by Crippen LogP contribution is 2.37. The van der Waals surface area contributed by atoms with Crippen LogP contribution < -0.4 is 0 Å². The number of amides is 1. The maximum absolute atomic E-state index is 13.9. The van der Waals surface area contributed by atoms with Crippen LogP contribution in [0.2, 0.25) is 0 Å². The minimum Gasteiger partial charge on any atom is -0.444 e. The first kappa shape index (κ1) is 15.7. The molecule has 1 aliphatic heterocycles. The van der Waals surface area contributed by atoms with Crippen LogP contribution in [0.5, 0.6) is 0 Å². The molecule has 2 aromatic rings. The maximum Gasteiger partial charge on any atom is 0.410 e. The van der Waals surface area contributed by atoms with E-state index < -0.39 is 17.3 Å². The second-order valence-corrected chi connectivity index (χ2v) is 7.01. The smallest absolute Gasteiger partial charge is 0.410 e. The summed E-state index contributed by atoms with van der Waals surface area (Å²) in [6.07, 6.45) is -0.450. The lowest BCUT2D eigenvalue weighted by Gasteiger charge is -2.47. The zero-order chi connectivity index (χ0) is 16.8. The van der Waals surface area contributed by atoms with Crippen molar-refractivity contribution in [3.63, 3.8) is 0 Å². The molecule has 4 nitrogen and oxygen atoms in total. The molecule has 0 aliphatic carbocycles. The lowest BCUT2D eigenvalue weighted by Crippen LogP contribution is -2.62. The Balaban J connectivity index is 1.85. The predicted octanol–water partition coefficient (Wildman–Crippen LogP) is 3.42. The van der Waals surface area contributed by atoms with E-state index in [1.54, 1.807) is 51.1 Å². The highest BCUT2D eigenvalue weighted by Gasteiger charge is 2.47. The molecule has 5 heteroatoms. The van der Waals surface area contributed by atoms with E-state index in [2.05, 4.69) is 0 Å². The molecule has 0 unspecified atom stereocenters. The molecule has 0 spiro atoms. The Bertz CT molecular complexity index is 760. The minimum atomic E-state index is -1.18. The Hall–Kier alpha value is -2.14. The highest BCUT2D eigenvalue weighted by atomic mass is 19.1. The number of hydrogen-bond donors (Lipinski definition) is 1. The molecule has 0 saturated carbocycles. The topological polar surface area (TPSA) is 49.8 Å². The molecular formula is C18H20FNO3. The number of rotatable bonds is 1. The van der Waals surface area contributed by atoms with E-state index >= 15 is 0 Å². The summed E-state index contributed by atoms with van der Waals surface area (Å²) in [5.41, 5.74) is -1.12. The normalized spacial score (nSPS) is 17.0. The molecule has 1 aliphatic rings. The van der Waals surface area contributed by atoms with Crippen LogP contribution >= 0.6 is 0 Å². The zero-order valence-corrected chi connectivity index (χ0v) is 13.5. The largest absolute Gasteiger partial charge is 0.444 e. The Kier molecular flexibility index (Phi) is 3.56. The molecule has 1 heterocycles. The van der Waals surface area contributed by atoms with Gasteiger partial charge in [-0.25, -0.2) is 9.18 Å². The van der Waals surface area contributed by atoms with Crippen LogP contribution in [0.1, 0.15) is 26.3 Å². The number of hydrogen-bond acceptors (Lipinski definition) is 3. The van der Waals surface area contributed by atoms with Gasteiger partial charge in [0.15, 0.2) is 0 Å². The summed E-state index contributed by atoms with van der Waals surface area (Å²) in [7, 11) is 0. The standard InChI is InChI=1S/C18H20FNO3/c1-17(2,3)23-16(21)20-10-18(22,11-20)14-8-9-15(19)13-7-5-4-6-12(13)14/h4-9,22H,10-11H2,1-3H3. The van der Waals surface area contributed by atoms with Gasteiger partial charge in [0, 0.05) is 5.39 Å². The Morgan fingerprint density at radius 1 is 1.17 bits per heavy atom. The Morgan fingerprint density at radius 3 is 2.39 bits per heavy atom. The van der Waals surface area contributed by atoms with Crippen molar-refractivity contribution in [2.45, 2.75) is 32.0 Å². The maximum atomic E-state index is 13.9. The molecule has 0 aromatic heterocycles. The summed E-state index contributed by atoms with van der Waals surface area (Å²) in [6.45, 7) is 5.66. The molecule has 1 amide bonds. The van der Waals surface area contributed by atoms with Gasteiger partial charge in [0.05, 0.1) is 13.1 Å². The average Bonchev–Trinajstić information content (AvgIpc) is 2.43. The lowest BCUT2D eigenvalue weighted by atomic mass is 9.83. The predicted molar refractivity (Wildman–Crippen MR) is 85.6 cm³/mol. The fourth-order valence-corrected chi connectivity index (χ4v) is 2.88. The van der Waals surface area contributed by atoms with Gasteiger partial charge in [0.1, 0.15) is 17.0 Å². The van der Waals surface area contributed by atoms with Crippen molar-refractivity contribution in [3.8, 4) is 0 Å². The van der Waals surface area contributed by atoms with Crippen molar-refractivity contribution in [1.29, 1.82) is 0 Å². The van der Waals surface area contributed by atoms with Crippen LogP contribution in [-0.2, 0) is 10.3 Å². The van der Waals surface area contributed by atoms with E-state index in [1.165, 1.54) is 11.0 Å². The summed E-state index contributed by atoms with van der Waals surface area (Å²) in [4.78, 5) is 13.5. The number of β-amino-alcohol motifs (C(OH)–C–C–N with tert-alkyl or cyclic N) is 1. The summed E-state index contributed by atoms with van der Waals surface area (Å²) in [5, 5.41) is 11.9. The van der Waals surface area contributed by atoms with Crippen molar-refractivity contribution in [2.75, 3.05) is 13.1 Å². The number of ether oxygens (including phenoxy) is 1. The van der Waals surface area contributed by atoms with Gasteiger partial charge in [0.2, 0.25) is 0 Å². The number of fused-ring (bicyclic) bond motifs is 1. The first-order valence-electron chi connectivity index (χ1n) is 7.58. The van der Waals surface area contributed by atoms with Gasteiger partial charge in [-0.3, -0.25) is 0 Å². The summed E-state index contributed by atoms with van der Waals surface area (Å²) in [5.74, 6) is -0.323. The number of aliphatic hydroxyl groups is 1. The summed E-state index contributed by atoms with van der Waals surface area (Å²) in [6, 6.07) is 9.96. The summed E-state index contributed by atoms with van der Waals surface area (Å²) < 4.78 is 19.2. The SMILES string of the molecule is CC(C)(C)OC(=O)N1CC(O)(c2ccc(F)c3ccccc23)C1. The molecule has 23 heavy (non-hydrogen) atoms. The molecule has 122 valence electrons. The molecular weight excluding hydrogens is 297 g/mol. The van der Waals surface area contributed by atoms with Crippen molar-refractivity contribution in [2.24, 2.45) is 0 Å². The first-order valence-corrected chi connectivity index (χ1v) is 7.58. The second kappa shape index (κ2) is 5.20. The monoisotopic (exact) mass is 317 g/mol. The summed E-state index contributed by atoms with van der Waals surface area (Å²) >= 11 is 0. The van der Waals surface area contributed by atoms with Crippen LogP contribution in [0, 0.1) is 5.82 Å². The van der Waals surface area contributed by atoms with Gasteiger partial charge in [-0.05, 0) is 37.8 Å². The van der Waals surface area contributed by atoms with Gasteiger partial charge >= 0.3 is 6.09 Å². The van der Waals surface area contributed by atoms with Crippen molar-refractivity contribution in [3.05, 3.63) is 47.8 Å². The minimum absolute atomic E-state index is 0.136. The van der Waals surface area contributed by atoms with Gasteiger partial charge < -0.3 is 14.7 Å². The molecule has 2 aromatic carbocycles. The van der Waals surface area contributed by atoms with Crippen LogP contribution in [-0.4, -0.2) is 34.8 Å².